The molecule has 3 heterocycles. The van der Waals surface area contributed by atoms with E-state index in [9.17, 15) is 17.8 Å². The van der Waals surface area contributed by atoms with E-state index in [0.29, 0.717) is 23.6 Å². The second kappa shape index (κ2) is 10.1. The molecule has 1 aliphatic carbocycles. The second-order valence-electron chi connectivity index (χ2n) is 9.71. The number of methoxy groups -OCH3 is 1. The average Bonchev–Trinajstić information content (AvgIpc) is 3.58. The third-order valence-electron chi connectivity index (χ3n) is 6.82. The maximum atomic E-state index is 13.1. The van der Waals surface area contributed by atoms with Crippen molar-refractivity contribution in [3.05, 3.63) is 80.2 Å². The highest BCUT2D eigenvalue weighted by atomic mass is 32.3. The molecule has 0 radical (unpaired) electrons. The second-order valence-corrected chi connectivity index (χ2v) is 12.6. The van der Waals surface area contributed by atoms with Gasteiger partial charge in [-0.25, -0.2) is 0 Å². The van der Waals surface area contributed by atoms with E-state index in [4.69, 9.17) is 9.72 Å². The van der Waals surface area contributed by atoms with Gasteiger partial charge in [-0.2, -0.15) is 8.42 Å². The lowest BCUT2D eigenvalue weighted by Gasteiger charge is -2.16. The normalized spacial score (nSPS) is 13.9. The number of pyridine rings is 2. The molecule has 3 aromatic heterocycles. The van der Waals surface area contributed by atoms with Crippen molar-refractivity contribution < 1.29 is 17.7 Å². The van der Waals surface area contributed by atoms with Gasteiger partial charge in [0.05, 0.1) is 24.4 Å². The largest absolute Gasteiger partial charge is 0.380 e. The molecule has 0 amide bonds. The monoisotopic (exact) mass is 538 g/mol. The van der Waals surface area contributed by atoms with Crippen molar-refractivity contribution in [3.8, 4) is 11.1 Å². The predicted molar refractivity (Wildman–Crippen MR) is 146 cm³/mol. The zero-order valence-electron chi connectivity index (χ0n) is 21.2. The van der Waals surface area contributed by atoms with Crippen molar-refractivity contribution in [1.29, 1.82) is 0 Å². The number of rotatable bonds is 9. The Balaban J connectivity index is 1.60. The quantitative estimate of drug-likeness (QED) is 0.287. The molecule has 1 N–H and O–H groups in total. The average molecular weight is 539 g/mol. The Morgan fingerprint density at radius 3 is 2.59 bits per heavy atom. The van der Waals surface area contributed by atoms with Crippen LogP contribution in [0.15, 0.2) is 51.5 Å². The molecule has 1 aliphatic rings. The molecule has 0 aliphatic heterocycles. The van der Waals surface area contributed by atoms with E-state index in [0.717, 1.165) is 62.5 Å². The minimum atomic E-state index is -4.37. The van der Waals surface area contributed by atoms with Crippen molar-refractivity contribution in [2.45, 2.75) is 56.9 Å². The molecule has 0 bridgehead atoms. The third kappa shape index (κ3) is 5.40. The SMILES string of the molecule is CCc1cc2c(ccc(=O)n2Cc2ccc(-c3cc(C)sc3S(=O)(=O)O)c(COC)c2)c(CC2CC2)n1. The summed E-state index contributed by atoms with van der Waals surface area (Å²) < 4.78 is 41.0. The molecule has 1 saturated carbocycles. The predicted octanol–water partition coefficient (Wildman–Crippen LogP) is 5.39. The number of hydrogen-bond acceptors (Lipinski definition) is 6. The first kappa shape index (κ1) is 25.8. The fraction of sp³-hybridized carbons (Fsp3) is 0.357. The van der Waals surface area contributed by atoms with Crippen LogP contribution < -0.4 is 5.56 Å². The first-order valence-electron chi connectivity index (χ1n) is 12.4. The maximum Gasteiger partial charge on any atom is 0.304 e. The van der Waals surface area contributed by atoms with E-state index in [1.165, 1.54) is 12.8 Å². The van der Waals surface area contributed by atoms with Gasteiger partial charge < -0.3 is 9.30 Å². The zero-order valence-corrected chi connectivity index (χ0v) is 22.8. The van der Waals surface area contributed by atoms with Crippen LogP contribution >= 0.6 is 11.3 Å². The first-order valence-corrected chi connectivity index (χ1v) is 14.6. The lowest BCUT2D eigenvalue weighted by molar-refractivity contribution is 0.185. The summed E-state index contributed by atoms with van der Waals surface area (Å²) >= 11 is 1.04. The van der Waals surface area contributed by atoms with Crippen molar-refractivity contribution in [2.75, 3.05) is 7.11 Å². The summed E-state index contributed by atoms with van der Waals surface area (Å²) in [6.45, 7) is 4.49. The van der Waals surface area contributed by atoms with Gasteiger partial charge in [0.1, 0.15) is 0 Å². The molecule has 194 valence electrons. The number of ether oxygens (including phenoxy) is 1. The minimum absolute atomic E-state index is 0.0804. The summed E-state index contributed by atoms with van der Waals surface area (Å²) in [4.78, 5) is 18.7. The van der Waals surface area contributed by atoms with Crippen LogP contribution in [0.1, 0.15) is 47.2 Å². The summed E-state index contributed by atoms with van der Waals surface area (Å²) in [7, 11) is -2.79. The zero-order chi connectivity index (χ0) is 26.3. The molecule has 0 spiro atoms. The van der Waals surface area contributed by atoms with Gasteiger partial charge in [0.15, 0.2) is 4.21 Å². The molecule has 37 heavy (non-hydrogen) atoms. The van der Waals surface area contributed by atoms with E-state index in [1.54, 1.807) is 30.7 Å². The minimum Gasteiger partial charge on any atom is -0.380 e. The van der Waals surface area contributed by atoms with Gasteiger partial charge in [0.25, 0.3) is 5.56 Å². The van der Waals surface area contributed by atoms with Gasteiger partial charge in [0, 0.05) is 34.7 Å². The Hall–Kier alpha value is -2.85. The molecule has 1 fully saturated rings. The van der Waals surface area contributed by atoms with Gasteiger partial charge in [-0.3, -0.25) is 14.3 Å². The van der Waals surface area contributed by atoms with Crippen molar-refractivity contribution >= 4 is 32.4 Å². The van der Waals surface area contributed by atoms with Crippen LogP contribution in [0.25, 0.3) is 22.0 Å². The highest BCUT2D eigenvalue weighted by Gasteiger charge is 2.24. The fourth-order valence-electron chi connectivity index (χ4n) is 4.85. The summed E-state index contributed by atoms with van der Waals surface area (Å²) in [5.41, 5.74) is 5.64. The number of hydrogen-bond donors (Lipinski definition) is 1. The molecule has 0 unspecified atom stereocenters. The van der Waals surface area contributed by atoms with E-state index in [2.05, 4.69) is 6.92 Å². The van der Waals surface area contributed by atoms with Crippen LogP contribution in [-0.4, -0.2) is 29.6 Å². The number of fused-ring (bicyclic) bond motifs is 1. The summed E-state index contributed by atoms with van der Waals surface area (Å²) in [5, 5.41) is 1.02. The van der Waals surface area contributed by atoms with Crippen LogP contribution in [0.4, 0.5) is 0 Å². The Morgan fingerprint density at radius 1 is 1.14 bits per heavy atom. The Labute approximate surface area is 220 Å². The van der Waals surface area contributed by atoms with Gasteiger partial charge >= 0.3 is 10.1 Å². The van der Waals surface area contributed by atoms with Gasteiger partial charge in [0.2, 0.25) is 0 Å². The fourth-order valence-corrected chi connectivity index (χ4v) is 6.86. The van der Waals surface area contributed by atoms with Gasteiger partial charge in [-0.05, 0) is 73.4 Å². The van der Waals surface area contributed by atoms with Crippen molar-refractivity contribution in [1.82, 2.24) is 9.55 Å². The number of thiophene rings is 1. The van der Waals surface area contributed by atoms with Crippen molar-refractivity contribution in [2.24, 2.45) is 5.92 Å². The maximum absolute atomic E-state index is 13.1. The third-order valence-corrected chi connectivity index (χ3v) is 9.23. The standard InChI is InChI=1S/C28H30N2O5S2/c1-4-21-14-26-23(25(29-21)13-18-5-6-18)9-10-27(31)30(26)15-19-7-8-22(20(12-19)16-35-3)24-11-17(2)36-28(24)37(32,33)34/h7-12,14,18H,4-6,13,15-16H2,1-3H3,(H,32,33,34). The summed E-state index contributed by atoms with van der Waals surface area (Å²) in [6, 6.07) is 13.0. The lowest BCUT2D eigenvalue weighted by atomic mass is 9.99. The summed E-state index contributed by atoms with van der Waals surface area (Å²) in [6.07, 6.45) is 4.19. The molecular formula is C28H30N2O5S2. The smallest absolute Gasteiger partial charge is 0.304 e. The highest BCUT2D eigenvalue weighted by molar-refractivity contribution is 7.88. The molecule has 1 aromatic carbocycles. The Morgan fingerprint density at radius 2 is 1.92 bits per heavy atom. The number of nitrogens with zero attached hydrogens (tertiary/aromatic N) is 2. The van der Waals surface area contributed by atoms with Gasteiger partial charge in [-0.15, -0.1) is 11.3 Å². The van der Waals surface area contributed by atoms with E-state index >= 15 is 0 Å². The van der Waals surface area contributed by atoms with Crippen molar-refractivity contribution in [3.63, 3.8) is 0 Å². The van der Waals surface area contributed by atoms with E-state index < -0.39 is 10.1 Å². The molecular weight excluding hydrogens is 508 g/mol. The Bertz CT molecular complexity index is 1650. The highest BCUT2D eigenvalue weighted by Crippen LogP contribution is 2.37. The Kier molecular flexibility index (Phi) is 7.06. The van der Waals surface area contributed by atoms with Crippen LogP contribution in [-0.2, 0) is 40.8 Å². The van der Waals surface area contributed by atoms with Gasteiger partial charge in [-0.1, -0.05) is 25.1 Å². The number of aromatic nitrogens is 2. The molecule has 9 heteroatoms. The molecule has 0 atom stereocenters. The van der Waals surface area contributed by atoms with Crippen LogP contribution in [0.2, 0.25) is 0 Å². The molecule has 5 rings (SSSR count). The molecule has 4 aromatic rings. The first-order chi connectivity index (χ1) is 17.7. The summed E-state index contributed by atoms with van der Waals surface area (Å²) in [5.74, 6) is 0.681. The topological polar surface area (TPSA) is 98.5 Å². The number of aryl methyl sites for hydroxylation is 2. The van der Waals surface area contributed by atoms with E-state index in [-0.39, 0.29) is 16.4 Å². The number of benzene rings is 1. The van der Waals surface area contributed by atoms with E-state index in [1.807, 2.05) is 30.3 Å². The molecule has 7 nitrogen and oxygen atoms in total. The lowest BCUT2D eigenvalue weighted by Crippen LogP contribution is -2.21. The van der Waals surface area contributed by atoms with Crippen LogP contribution in [0.5, 0.6) is 0 Å². The molecule has 0 saturated heterocycles. The van der Waals surface area contributed by atoms with Crippen LogP contribution in [0, 0.1) is 12.8 Å². The van der Waals surface area contributed by atoms with Crippen LogP contribution in [0.3, 0.4) is 0 Å².